The summed E-state index contributed by atoms with van der Waals surface area (Å²) in [5.74, 6) is 0.126. The van der Waals surface area contributed by atoms with E-state index in [1.54, 1.807) is 6.07 Å². The average molecular weight is 347 g/mol. The van der Waals surface area contributed by atoms with E-state index >= 15 is 0 Å². The van der Waals surface area contributed by atoms with Crippen molar-refractivity contribution in [1.82, 2.24) is 9.80 Å². The van der Waals surface area contributed by atoms with Gasteiger partial charge < -0.3 is 9.80 Å². The SMILES string of the molecule is Cc1ccc(C(=O)N2CCCC23CCCN(C2CC2)C3=O)cc1Cl. The zero-order chi connectivity index (χ0) is 16.9. The van der Waals surface area contributed by atoms with Gasteiger partial charge in [0.15, 0.2) is 0 Å². The maximum absolute atomic E-state index is 13.2. The summed E-state index contributed by atoms with van der Waals surface area (Å²) in [6.45, 7) is 3.43. The maximum Gasteiger partial charge on any atom is 0.254 e. The standard InChI is InChI=1S/C19H23ClN2O2/c1-13-4-5-14(12-16(13)20)17(23)22-11-3-9-19(22)8-2-10-21(18(19)24)15-6-7-15/h4-5,12,15H,2-3,6-11H2,1H3. The Morgan fingerprint density at radius 2 is 1.92 bits per heavy atom. The molecule has 1 aliphatic carbocycles. The normalized spacial score (nSPS) is 27.2. The van der Waals surface area contributed by atoms with Crippen LogP contribution in [0.2, 0.25) is 5.02 Å². The quantitative estimate of drug-likeness (QED) is 0.823. The molecular formula is C19H23ClN2O2. The molecule has 3 fully saturated rings. The largest absolute Gasteiger partial charge is 0.338 e. The molecule has 1 unspecified atom stereocenters. The second kappa shape index (κ2) is 5.76. The topological polar surface area (TPSA) is 40.6 Å². The maximum atomic E-state index is 13.2. The Balaban J connectivity index is 1.65. The van der Waals surface area contributed by atoms with Gasteiger partial charge in [0.2, 0.25) is 5.91 Å². The van der Waals surface area contributed by atoms with Gasteiger partial charge in [-0.25, -0.2) is 0 Å². The number of likely N-dealkylation sites (tertiary alicyclic amines) is 2. The molecule has 1 aromatic rings. The number of amides is 2. The van der Waals surface area contributed by atoms with Crippen molar-refractivity contribution in [2.24, 2.45) is 0 Å². The fourth-order valence-electron chi connectivity index (χ4n) is 4.29. The van der Waals surface area contributed by atoms with E-state index in [1.807, 2.05) is 28.9 Å². The van der Waals surface area contributed by atoms with Gasteiger partial charge >= 0.3 is 0 Å². The third-order valence-corrected chi connectivity index (χ3v) is 6.20. The fraction of sp³-hybridized carbons (Fsp3) is 0.579. The van der Waals surface area contributed by atoms with Crippen molar-refractivity contribution in [3.05, 3.63) is 34.3 Å². The molecule has 0 bridgehead atoms. The first-order chi connectivity index (χ1) is 11.5. The first kappa shape index (κ1) is 15.9. The highest BCUT2D eigenvalue weighted by Gasteiger charge is 2.54. The van der Waals surface area contributed by atoms with E-state index in [0.717, 1.165) is 50.6 Å². The number of piperidine rings is 1. The lowest BCUT2D eigenvalue weighted by Gasteiger charge is -2.44. The Bertz CT molecular complexity index is 701. The molecule has 5 heteroatoms. The minimum absolute atomic E-state index is 0.0552. The van der Waals surface area contributed by atoms with Gasteiger partial charge in [0.05, 0.1) is 0 Å². The van der Waals surface area contributed by atoms with Gasteiger partial charge in [0.25, 0.3) is 5.91 Å². The lowest BCUT2D eigenvalue weighted by atomic mass is 9.85. The van der Waals surface area contributed by atoms with Crippen LogP contribution in [0.1, 0.15) is 54.4 Å². The molecule has 128 valence electrons. The smallest absolute Gasteiger partial charge is 0.254 e. The number of carbonyl (C=O) groups is 2. The van der Waals surface area contributed by atoms with Crippen molar-refractivity contribution in [3.8, 4) is 0 Å². The molecule has 0 aromatic heterocycles. The Morgan fingerprint density at radius 1 is 1.21 bits per heavy atom. The molecule has 0 radical (unpaired) electrons. The highest BCUT2D eigenvalue weighted by Crippen LogP contribution is 2.42. The second-order valence-electron chi connectivity index (χ2n) is 7.39. The van der Waals surface area contributed by atoms with E-state index in [1.165, 1.54) is 0 Å². The van der Waals surface area contributed by atoms with Crippen LogP contribution in [0.25, 0.3) is 0 Å². The zero-order valence-electron chi connectivity index (χ0n) is 14.1. The number of rotatable bonds is 2. The van der Waals surface area contributed by atoms with Crippen LogP contribution < -0.4 is 0 Å². The predicted octanol–water partition coefficient (Wildman–Crippen LogP) is 3.41. The van der Waals surface area contributed by atoms with E-state index in [0.29, 0.717) is 23.2 Å². The zero-order valence-corrected chi connectivity index (χ0v) is 14.8. The summed E-state index contributed by atoms with van der Waals surface area (Å²) in [6, 6.07) is 5.84. The Morgan fingerprint density at radius 3 is 2.58 bits per heavy atom. The molecule has 4 rings (SSSR count). The average Bonchev–Trinajstić information content (AvgIpc) is 3.33. The number of halogens is 1. The fourth-order valence-corrected chi connectivity index (χ4v) is 4.47. The Labute approximate surface area is 147 Å². The summed E-state index contributed by atoms with van der Waals surface area (Å²) in [7, 11) is 0. The number of nitrogens with zero attached hydrogens (tertiary/aromatic N) is 2. The monoisotopic (exact) mass is 346 g/mol. The van der Waals surface area contributed by atoms with Crippen molar-refractivity contribution in [3.63, 3.8) is 0 Å². The van der Waals surface area contributed by atoms with Gasteiger partial charge in [0, 0.05) is 29.7 Å². The first-order valence-electron chi connectivity index (χ1n) is 8.92. The lowest BCUT2D eigenvalue weighted by molar-refractivity contribution is -0.146. The second-order valence-corrected chi connectivity index (χ2v) is 7.80. The van der Waals surface area contributed by atoms with Crippen molar-refractivity contribution < 1.29 is 9.59 Å². The van der Waals surface area contributed by atoms with Crippen LogP contribution in [-0.2, 0) is 4.79 Å². The van der Waals surface area contributed by atoms with Crippen LogP contribution >= 0.6 is 11.6 Å². The molecule has 4 nitrogen and oxygen atoms in total. The van der Waals surface area contributed by atoms with Crippen molar-refractivity contribution in [1.29, 1.82) is 0 Å². The van der Waals surface area contributed by atoms with Gasteiger partial charge in [-0.15, -0.1) is 0 Å². The van der Waals surface area contributed by atoms with E-state index in [4.69, 9.17) is 11.6 Å². The molecule has 0 N–H and O–H groups in total. The molecule has 1 spiro atoms. The van der Waals surface area contributed by atoms with Crippen LogP contribution in [0.5, 0.6) is 0 Å². The van der Waals surface area contributed by atoms with E-state index in [9.17, 15) is 9.59 Å². The van der Waals surface area contributed by atoms with E-state index < -0.39 is 5.54 Å². The van der Waals surface area contributed by atoms with Crippen molar-refractivity contribution >= 4 is 23.4 Å². The minimum Gasteiger partial charge on any atom is -0.338 e. The summed E-state index contributed by atoms with van der Waals surface area (Å²) in [5, 5.41) is 0.601. The highest BCUT2D eigenvalue weighted by molar-refractivity contribution is 6.31. The summed E-state index contributed by atoms with van der Waals surface area (Å²) >= 11 is 6.20. The first-order valence-corrected chi connectivity index (χ1v) is 9.30. The molecule has 1 aromatic carbocycles. The Kier molecular flexibility index (Phi) is 3.83. The van der Waals surface area contributed by atoms with Gasteiger partial charge in [-0.1, -0.05) is 17.7 Å². The van der Waals surface area contributed by atoms with Gasteiger partial charge in [-0.05, 0) is 63.1 Å². The minimum atomic E-state index is -0.616. The molecule has 3 aliphatic rings. The van der Waals surface area contributed by atoms with Crippen LogP contribution in [0, 0.1) is 6.92 Å². The van der Waals surface area contributed by atoms with Crippen LogP contribution in [0.4, 0.5) is 0 Å². The van der Waals surface area contributed by atoms with Gasteiger partial charge in [-0.3, -0.25) is 9.59 Å². The molecule has 1 atom stereocenters. The van der Waals surface area contributed by atoms with E-state index in [2.05, 4.69) is 0 Å². The predicted molar refractivity (Wildman–Crippen MR) is 93.2 cm³/mol. The number of hydrogen-bond donors (Lipinski definition) is 0. The molecule has 2 saturated heterocycles. The number of carbonyl (C=O) groups excluding carboxylic acids is 2. The van der Waals surface area contributed by atoms with Crippen molar-refractivity contribution in [2.75, 3.05) is 13.1 Å². The number of benzene rings is 1. The summed E-state index contributed by atoms with van der Waals surface area (Å²) in [5.41, 5.74) is 0.927. The lowest BCUT2D eigenvalue weighted by Crippen LogP contribution is -2.61. The molecule has 24 heavy (non-hydrogen) atoms. The molecule has 2 aliphatic heterocycles. The Hall–Kier alpha value is -1.55. The highest BCUT2D eigenvalue weighted by atomic mass is 35.5. The van der Waals surface area contributed by atoms with Crippen molar-refractivity contribution in [2.45, 2.75) is 57.0 Å². The summed E-state index contributed by atoms with van der Waals surface area (Å²) in [6.07, 6.45) is 5.70. The molecule has 2 heterocycles. The molecule has 1 saturated carbocycles. The number of aryl methyl sites for hydroxylation is 1. The van der Waals surface area contributed by atoms with Crippen LogP contribution in [0.3, 0.4) is 0 Å². The molecule has 2 amide bonds. The molecular weight excluding hydrogens is 324 g/mol. The van der Waals surface area contributed by atoms with Gasteiger partial charge in [0.1, 0.15) is 5.54 Å². The van der Waals surface area contributed by atoms with E-state index in [-0.39, 0.29) is 11.8 Å². The van der Waals surface area contributed by atoms with Crippen LogP contribution in [-0.4, -0.2) is 46.3 Å². The third kappa shape index (κ3) is 2.43. The van der Waals surface area contributed by atoms with Gasteiger partial charge in [-0.2, -0.15) is 0 Å². The number of hydrogen-bond acceptors (Lipinski definition) is 2. The third-order valence-electron chi connectivity index (χ3n) is 5.79. The van der Waals surface area contributed by atoms with Crippen LogP contribution in [0.15, 0.2) is 18.2 Å². The summed E-state index contributed by atoms with van der Waals surface area (Å²) in [4.78, 5) is 30.2. The summed E-state index contributed by atoms with van der Waals surface area (Å²) < 4.78 is 0.